The first-order valence-corrected chi connectivity index (χ1v) is 39.9. The van der Waals surface area contributed by atoms with E-state index in [0.717, 1.165) is 85.7 Å². The van der Waals surface area contributed by atoms with Gasteiger partial charge in [0.2, 0.25) is 21.9 Å². The summed E-state index contributed by atoms with van der Waals surface area (Å²) in [7, 11) is -2.39. The van der Waals surface area contributed by atoms with Gasteiger partial charge >= 0.3 is 11.9 Å². The molecule has 5 aliphatic rings. The minimum atomic E-state index is -3.80. The summed E-state index contributed by atoms with van der Waals surface area (Å²) in [5.74, 6) is 15.3. The molecule has 1 amide bonds. The van der Waals surface area contributed by atoms with Crippen molar-refractivity contribution in [2.45, 2.75) is 143 Å². The first-order valence-electron chi connectivity index (χ1n) is 35.9. The second-order valence-corrected chi connectivity index (χ2v) is 31.9. The fourth-order valence-electron chi connectivity index (χ4n) is 11.7. The Labute approximate surface area is 670 Å². The zero-order valence-electron chi connectivity index (χ0n) is 60.9. The minimum Gasteiger partial charge on any atom is -0.467 e. The van der Waals surface area contributed by atoms with Crippen LogP contribution in [0.3, 0.4) is 0 Å². The Morgan fingerprint density at radius 2 is 1.01 bits per heavy atom. The van der Waals surface area contributed by atoms with Crippen molar-refractivity contribution in [3.63, 3.8) is 0 Å². The number of thiophene rings is 3. The van der Waals surface area contributed by atoms with Crippen molar-refractivity contribution in [1.29, 1.82) is 0 Å². The van der Waals surface area contributed by atoms with Crippen molar-refractivity contribution in [3.8, 4) is 69.1 Å². The normalized spacial score (nSPS) is 15.5. The van der Waals surface area contributed by atoms with E-state index in [-0.39, 0.29) is 55.6 Å². The summed E-state index contributed by atoms with van der Waals surface area (Å²) in [6, 6.07) is 17.8. The number of carbonyl (C=O) groups is 3. The first-order chi connectivity index (χ1) is 54.2. The topological polar surface area (TPSA) is 472 Å². The van der Waals surface area contributed by atoms with Gasteiger partial charge in [0.05, 0.1) is 69.6 Å². The molecule has 37 heteroatoms. The first kappa shape index (κ1) is 78.3. The number of aliphatic hydroxyl groups is 3. The SMILES string of the molecule is C#Cc1cnc(-c2ccc(C(O)CCO)s2)nc1Nc1cc(C2CC2)[nH]n1.C#Cc1cnc(-c2ccc(C(O)CCOC(C)=O)s2)nc1Nc1cc(C2CC2)[nH]n1.C#Cc1cnc(N2CCCCC2C(=O)OC)nc1Nc1cc(C2CC2)[nH]n1.CC(=O)Nc1cnc(-c2ccc(S(N)(=O)=O)s2)nc1Nc1cc(C2CC2)[nH]n1.[HH].[HH].[HH].[HH].[HH].[HH].[HH].[HH].[HH].[HH]. The molecule has 4 aliphatic carbocycles. The molecule has 3 unspecified atom stereocenters. The van der Waals surface area contributed by atoms with E-state index in [1.54, 1.807) is 24.7 Å². The van der Waals surface area contributed by atoms with Gasteiger partial charge in [-0.15, -0.1) is 53.3 Å². The predicted molar refractivity (Wildman–Crippen MR) is 444 cm³/mol. The Morgan fingerprint density at radius 1 is 0.589 bits per heavy atom. The van der Waals surface area contributed by atoms with Crippen LogP contribution in [0.4, 0.5) is 58.2 Å². The zero-order valence-corrected chi connectivity index (χ0v) is 64.2. The molecule has 0 radical (unpaired) electrons. The van der Waals surface area contributed by atoms with Crippen molar-refractivity contribution in [1.82, 2.24) is 80.7 Å². The number of aromatic nitrogens is 16. The van der Waals surface area contributed by atoms with Gasteiger partial charge in [0.1, 0.15) is 15.9 Å². The van der Waals surface area contributed by atoms with Gasteiger partial charge in [-0.3, -0.25) is 30.0 Å². The lowest BCUT2D eigenvalue weighted by molar-refractivity contribution is -0.143. The van der Waals surface area contributed by atoms with Crippen molar-refractivity contribution >= 4 is 120 Å². The van der Waals surface area contributed by atoms with E-state index >= 15 is 0 Å². The lowest BCUT2D eigenvalue weighted by Gasteiger charge is -2.33. The number of sulfonamides is 1. The van der Waals surface area contributed by atoms with Crippen LogP contribution in [-0.4, -0.2) is 155 Å². The number of nitrogens with two attached hydrogens (primary N) is 1. The molecule has 112 heavy (non-hydrogen) atoms. The molecule has 16 rings (SSSR count). The average Bonchev–Trinajstić information content (AvgIpc) is 1.79. The molecule has 12 heterocycles. The summed E-state index contributed by atoms with van der Waals surface area (Å²) >= 11 is 3.74. The standard InChI is InChI=1S/C21H21N5O3S.C19H22N6O2.C19H19N5O2S.C16H17N7O3S2.10H2/c1-3-13-11-22-21(18-7-6-17(30-18)16(28)8-9-29-12(2)27)24-20(13)23-19-10-15(25-26-19)14-4-5-14;1-3-12-11-20-19(25-9-5-4-6-15(25)18(26)27-2)22-17(12)21-16-10-14(23-24-16)13-7-8-13;1-2-11-10-20-19(16-6-5-15(27-16)14(26)7-8-25)22-18(11)21-17-9-13(23-24-17)12-3-4-12;1-8(24)19-11-7-18-16(12-4-5-14(27-12)28(17,25)26)21-15(11)20-13-6-10(22-23-13)9-2-3-9;;;;;;;;;;/h1,6-7,10-11,14,16,28H,4-5,8-9H2,2H3,(H2,22,23,24,25,26);1,10-11,13,15H,4-9H2,2H3,(H2,20,21,22,23,24);1,5-6,9-10,12,14,25-26H,3-4,7-8H2,(H2,20,21,22,23,24);4-7,9H,2-3H2,1H3,(H,19,24)(H2,17,25,26)(H2,18,20,21,22,23);10*1H. The summed E-state index contributed by atoms with van der Waals surface area (Å²) < 4.78 is 32.9. The number of esters is 2. The molecule has 0 bridgehead atoms. The molecule has 14 N–H and O–H groups in total. The number of ether oxygens (including phenoxy) is 2. The number of aliphatic hydroxyl groups excluding tert-OH is 3. The molecule has 0 aromatic carbocycles. The maximum atomic E-state index is 12.1. The van der Waals surface area contributed by atoms with Gasteiger partial charge in [-0.1, -0.05) is 17.8 Å². The number of aromatic amines is 4. The molecule has 3 atom stereocenters. The van der Waals surface area contributed by atoms with E-state index in [0.29, 0.717) is 140 Å². The Balaban J connectivity index is 0.000000409. The highest BCUT2D eigenvalue weighted by Gasteiger charge is 2.33. The number of anilines is 10. The van der Waals surface area contributed by atoms with Crippen LogP contribution in [0, 0.1) is 37.0 Å². The van der Waals surface area contributed by atoms with Gasteiger partial charge in [0.15, 0.2) is 64.0 Å². The van der Waals surface area contributed by atoms with Gasteiger partial charge in [-0.2, -0.15) is 25.4 Å². The highest BCUT2D eigenvalue weighted by molar-refractivity contribution is 7.91. The molecule has 11 aromatic heterocycles. The third-order valence-corrected chi connectivity index (χ3v) is 23.0. The molecule has 11 aromatic rings. The molecule has 5 fully saturated rings. The van der Waals surface area contributed by atoms with Gasteiger partial charge < -0.3 is 56.3 Å². The Morgan fingerprint density at radius 3 is 1.43 bits per heavy atom. The molecule has 4 saturated carbocycles. The molecule has 598 valence electrons. The zero-order chi connectivity index (χ0) is 78.6. The van der Waals surface area contributed by atoms with Gasteiger partial charge in [-0.25, -0.2) is 53.2 Å². The highest BCUT2D eigenvalue weighted by atomic mass is 32.2. The maximum absolute atomic E-state index is 12.1. The van der Waals surface area contributed by atoms with E-state index in [4.69, 9.17) is 39.0 Å². The van der Waals surface area contributed by atoms with Crippen LogP contribution in [0.5, 0.6) is 0 Å². The lowest BCUT2D eigenvalue weighted by atomic mass is 10.0. The van der Waals surface area contributed by atoms with Crippen LogP contribution in [0.15, 0.2) is 89.7 Å². The minimum absolute atomic E-state index is 0. The number of terminal acetylenes is 3. The number of nitrogens with one attached hydrogen (secondary N) is 9. The van der Waals surface area contributed by atoms with Crippen molar-refractivity contribution < 1.29 is 61.9 Å². The summed E-state index contributed by atoms with van der Waals surface area (Å²) in [6.45, 7) is 3.52. The molecular weight excluding hydrogens is 1510 g/mol. The van der Waals surface area contributed by atoms with Crippen LogP contribution < -0.4 is 36.6 Å². The van der Waals surface area contributed by atoms with Crippen LogP contribution >= 0.6 is 34.0 Å². The van der Waals surface area contributed by atoms with E-state index in [2.05, 4.69) is 125 Å². The quantitative estimate of drug-likeness (QED) is 0.0177. The number of piperidine rings is 1. The number of hydrogen-bond acceptors (Lipinski definition) is 30. The van der Waals surface area contributed by atoms with E-state index < -0.39 is 22.2 Å². The van der Waals surface area contributed by atoms with Gasteiger partial charge in [0.25, 0.3) is 0 Å². The molecule has 33 nitrogen and oxygen atoms in total. The monoisotopic (exact) mass is 1610 g/mol. The van der Waals surface area contributed by atoms with E-state index in [1.807, 2.05) is 53.4 Å². The summed E-state index contributed by atoms with van der Waals surface area (Å²) in [6.07, 6.45) is 34.3. The number of H-pyrrole nitrogens is 4. The second kappa shape index (κ2) is 35.4. The maximum Gasteiger partial charge on any atom is 0.328 e. The largest absolute Gasteiger partial charge is 0.467 e. The number of amides is 1. The number of primary sulfonamides is 1. The molecule has 0 spiro atoms. The van der Waals surface area contributed by atoms with Crippen LogP contribution in [0.25, 0.3) is 32.1 Å². The number of nitrogens with zero attached hydrogens (tertiary/aromatic N) is 13. The third kappa shape index (κ3) is 20.4. The van der Waals surface area contributed by atoms with Crippen molar-refractivity contribution in [2.75, 3.05) is 58.4 Å². The number of methoxy groups -OCH3 is 1. The Kier molecular flexibility index (Phi) is 24.8. The van der Waals surface area contributed by atoms with Crippen molar-refractivity contribution in [3.05, 3.63) is 135 Å². The number of rotatable bonds is 26. The second-order valence-electron chi connectivity index (χ2n) is 26.8. The van der Waals surface area contributed by atoms with Crippen LogP contribution in [0.2, 0.25) is 0 Å². The third-order valence-electron chi connectivity index (χ3n) is 18.1. The molecule has 1 aliphatic heterocycles. The average molecular weight is 1610 g/mol. The smallest absolute Gasteiger partial charge is 0.328 e. The van der Waals surface area contributed by atoms with Gasteiger partial charge in [-0.05, 0) is 107 Å². The fourth-order valence-corrected chi connectivity index (χ4v) is 15.3. The number of carbonyl (C=O) groups excluding carboxylic acids is 3. The Bertz CT molecular complexity index is 5490. The van der Waals surface area contributed by atoms with Gasteiger partial charge in [0, 0.05) is 147 Å². The Hall–Kier alpha value is -11.9. The van der Waals surface area contributed by atoms with E-state index in [1.165, 1.54) is 94.4 Å². The van der Waals surface area contributed by atoms with E-state index in [9.17, 15) is 33.0 Å². The van der Waals surface area contributed by atoms with Crippen LogP contribution in [-0.2, 0) is 33.9 Å². The summed E-state index contributed by atoms with van der Waals surface area (Å²) in [5, 5.41) is 79.0. The number of hydrogen-bond donors (Lipinski definition) is 13. The summed E-state index contributed by atoms with van der Waals surface area (Å²) in [4.78, 5) is 75.5. The van der Waals surface area contributed by atoms with Crippen LogP contribution in [0.1, 0.15) is 197 Å². The summed E-state index contributed by atoms with van der Waals surface area (Å²) in [5.41, 5.74) is 6.41. The fraction of sp³-hybridized carbons (Fsp3) is 0.347. The predicted octanol–water partition coefficient (Wildman–Crippen LogP) is 13.4. The molecule has 1 saturated heterocycles. The lowest BCUT2D eigenvalue weighted by Crippen LogP contribution is -2.46. The van der Waals surface area contributed by atoms with Crippen molar-refractivity contribution in [2.24, 2.45) is 5.14 Å². The highest BCUT2D eigenvalue weighted by Crippen LogP contribution is 2.44. The molecular formula is C75H99N23O10S4.